The molecule has 1 aliphatic carbocycles. The van der Waals surface area contributed by atoms with E-state index < -0.39 is 5.97 Å². The number of likely N-dealkylation sites (tertiary alicyclic amines) is 1. The molecular formula is C17H31N3O3. The van der Waals surface area contributed by atoms with Gasteiger partial charge in [-0.2, -0.15) is 0 Å². The number of carboxylic acids is 1. The van der Waals surface area contributed by atoms with Gasteiger partial charge in [0.15, 0.2) is 0 Å². The Morgan fingerprint density at radius 2 is 2.00 bits per heavy atom. The zero-order chi connectivity index (χ0) is 17.0. The Balaban J connectivity index is 1.80. The normalized spacial score (nSPS) is 27.9. The third-order valence-electron chi connectivity index (χ3n) is 5.28. The molecule has 132 valence electrons. The molecule has 0 aromatic rings. The predicted octanol–water partition coefficient (Wildman–Crippen LogP) is 2.14. The molecule has 2 fully saturated rings. The fraction of sp³-hybridized carbons (Fsp3) is 0.882. The minimum absolute atomic E-state index is 0.0631. The smallest absolute Gasteiger partial charge is 0.317 e. The number of hydrogen-bond donors (Lipinski definition) is 2. The molecule has 2 aliphatic rings. The summed E-state index contributed by atoms with van der Waals surface area (Å²) in [6, 6.07) is 0.876. The molecule has 0 bridgehead atoms. The van der Waals surface area contributed by atoms with Crippen molar-refractivity contribution < 1.29 is 14.7 Å². The van der Waals surface area contributed by atoms with Crippen LogP contribution in [-0.4, -0.2) is 64.7 Å². The van der Waals surface area contributed by atoms with Crippen LogP contribution in [-0.2, 0) is 4.79 Å². The Bertz CT molecular complexity index is 421. The van der Waals surface area contributed by atoms with E-state index in [-0.39, 0.29) is 24.7 Å². The molecule has 6 heteroatoms. The maximum Gasteiger partial charge on any atom is 0.317 e. The van der Waals surface area contributed by atoms with Crippen LogP contribution in [0.25, 0.3) is 0 Å². The Labute approximate surface area is 139 Å². The van der Waals surface area contributed by atoms with Gasteiger partial charge in [0.2, 0.25) is 0 Å². The number of piperidine rings is 1. The molecule has 1 saturated heterocycles. The Morgan fingerprint density at radius 1 is 1.30 bits per heavy atom. The van der Waals surface area contributed by atoms with Gasteiger partial charge in [-0.1, -0.05) is 20.8 Å². The van der Waals surface area contributed by atoms with Crippen molar-refractivity contribution in [3.05, 3.63) is 0 Å². The van der Waals surface area contributed by atoms with Crippen LogP contribution in [0, 0.1) is 5.92 Å². The lowest BCUT2D eigenvalue weighted by Crippen LogP contribution is -2.59. The van der Waals surface area contributed by atoms with E-state index in [0.29, 0.717) is 12.0 Å². The number of amides is 2. The summed E-state index contributed by atoms with van der Waals surface area (Å²) in [5.74, 6) is -0.297. The maximum absolute atomic E-state index is 12.5. The molecule has 2 amide bonds. The van der Waals surface area contributed by atoms with Gasteiger partial charge in [0.25, 0.3) is 0 Å². The second-order valence-electron chi connectivity index (χ2n) is 7.23. The minimum atomic E-state index is -0.785. The summed E-state index contributed by atoms with van der Waals surface area (Å²) in [4.78, 5) is 27.4. The van der Waals surface area contributed by atoms with Gasteiger partial charge in [-0.15, -0.1) is 0 Å². The van der Waals surface area contributed by atoms with Gasteiger partial charge in [-0.25, -0.2) is 4.79 Å². The summed E-state index contributed by atoms with van der Waals surface area (Å²) in [5, 5.41) is 12.1. The van der Waals surface area contributed by atoms with Crippen LogP contribution in [0.5, 0.6) is 0 Å². The van der Waals surface area contributed by atoms with Gasteiger partial charge in [0, 0.05) is 24.7 Å². The Hall–Kier alpha value is -1.30. The summed E-state index contributed by atoms with van der Waals surface area (Å²) in [5.41, 5.74) is 0. The zero-order valence-electron chi connectivity index (χ0n) is 14.6. The monoisotopic (exact) mass is 325 g/mol. The average molecular weight is 325 g/mol. The molecule has 23 heavy (non-hydrogen) atoms. The first-order valence-corrected chi connectivity index (χ1v) is 8.95. The number of likely N-dealkylation sites (N-methyl/N-ethyl adjacent to an activating group) is 1. The summed E-state index contributed by atoms with van der Waals surface area (Å²) in [7, 11) is 0. The SMILES string of the molecule is CCN(CC(=O)O)C1CC(NC(=O)N2CCCCC2C(C)C)C1. The van der Waals surface area contributed by atoms with Gasteiger partial charge in [-0.05, 0) is 44.6 Å². The fourth-order valence-electron chi connectivity index (χ4n) is 3.84. The summed E-state index contributed by atoms with van der Waals surface area (Å²) in [6.07, 6.45) is 5.10. The second-order valence-corrected chi connectivity index (χ2v) is 7.23. The van der Waals surface area contributed by atoms with Crippen molar-refractivity contribution in [2.75, 3.05) is 19.6 Å². The lowest BCUT2D eigenvalue weighted by molar-refractivity contribution is -0.139. The van der Waals surface area contributed by atoms with Crippen LogP contribution in [0.1, 0.15) is 52.9 Å². The predicted molar refractivity (Wildman–Crippen MR) is 89.4 cm³/mol. The van der Waals surface area contributed by atoms with E-state index in [4.69, 9.17) is 5.11 Å². The average Bonchev–Trinajstić information content (AvgIpc) is 2.48. The fourth-order valence-corrected chi connectivity index (χ4v) is 3.84. The molecule has 2 N–H and O–H groups in total. The molecule has 1 atom stereocenters. The second kappa shape index (κ2) is 7.99. The summed E-state index contributed by atoms with van der Waals surface area (Å²) in [6.45, 7) is 8.02. The highest BCUT2D eigenvalue weighted by molar-refractivity contribution is 5.75. The van der Waals surface area contributed by atoms with E-state index in [0.717, 1.165) is 38.8 Å². The number of nitrogens with one attached hydrogen (secondary N) is 1. The van der Waals surface area contributed by atoms with E-state index in [1.54, 1.807) is 0 Å². The number of nitrogens with zero attached hydrogens (tertiary/aromatic N) is 2. The van der Waals surface area contributed by atoms with E-state index in [1.807, 2.05) is 16.7 Å². The molecule has 2 rings (SSSR count). The minimum Gasteiger partial charge on any atom is -0.480 e. The van der Waals surface area contributed by atoms with Crippen LogP contribution in [0.4, 0.5) is 4.79 Å². The maximum atomic E-state index is 12.5. The number of carboxylic acid groups (broad SMARTS) is 1. The lowest BCUT2D eigenvalue weighted by Gasteiger charge is -2.44. The standard InChI is InChI=1S/C17H31N3O3/c1-4-19(11-16(21)22)14-9-13(10-14)18-17(23)20-8-6-5-7-15(20)12(2)3/h12-15H,4-11H2,1-3H3,(H,18,23)(H,21,22). The molecule has 0 aromatic heterocycles. The summed E-state index contributed by atoms with van der Waals surface area (Å²) < 4.78 is 0. The number of urea groups is 1. The first kappa shape index (κ1) is 18.0. The van der Waals surface area contributed by atoms with Gasteiger partial charge in [0.1, 0.15) is 0 Å². The highest BCUT2D eigenvalue weighted by Gasteiger charge is 2.37. The van der Waals surface area contributed by atoms with Gasteiger partial charge < -0.3 is 15.3 Å². The Kier molecular flexibility index (Phi) is 6.27. The van der Waals surface area contributed by atoms with Gasteiger partial charge in [-0.3, -0.25) is 9.69 Å². The molecule has 1 saturated carbocycles. The largest absolute Gasteiger partial charge is 0.480 e. The highest BCUT2D eigenvalue weighted by Crippen LogP contribution is 2.27. The molecule has 0 aromatic carbocycles. The van der Waals surface area contributed by atoms with Crippen molar-refractivity contribution in [3.8, 4) is 0 Å². The number of carbonyl (C=O) groups excluding carboxylic acids is 1. The van der Waals surface area contributed by atoms with Crippen LogP contribution in [0.3, 0.4) is 0 Å². The van der Waals surface area contributed by atoms with Gasteiger partial charge in [0.05, 0.1) is 6.54 Å². The highest BCUT2D eigenvalue weighted by atomic mass is 16.4. The van der Waals surface area contributed by atoms with Crippen LogP contribution in [0.15, 0.2) is 0 Å². The van der Waals surface area contributed by atoms with Crippen molar-refractivity contribution in [2.24, 2.45) is 5.92 Å². The molecule has 1 unspecified atom stereocenters. The number of aliphatic carboxylic acids is 1. The van der Waals surface area contributed by atoms with Crippen LogP contribution < -0.4 is 5.32 Å². The molecule has 1 heterocycles. The quantitative estimate of drug-likeness (QED) is 0.785. The third-order valence-corrected chi connectivity index (χ3v) is 5.28. The number of hydrogen-bond acceptors (Lipinski definition) is 3. The van der Waals surface area contributed by atoms with Crippen molar-refractivity contribution in [2.45, 2.75) is 71.0 Å². The van der Waals surface area contributed by atoms with Crippen LogP contribution >= 0.6 is 0 Å². The van der Waals surface area contributed by atoms with Gasteiger partial charge >= 0.3 is 12.0 Å². The lowest BCUT2D eigenvalue weighted by atomic mass is 9.85. The third kappa shape index (κ3) is 4.59. The van der Waals surface area contributed by atoms with Crippen molar-refractivity contribution in [1.82, 2.24) is 15.1 Å². The number of carbonyl (C=O) groups is 2. The van der Waals surface area contributed by atoms with E-state index >= 15 is 0 Å². The molecular weight excluding hydrogens is 294 g/mol. The van der Waals surface area contributed by atoms with Crippen molar-refractivity contribution in [1.29, 1.82) is 0 Å². The van der Waals surface area contributed by atoms with E-state index in [9.17, 15) is 9.59 Å². The molecule has 0 spiro atoms. The number of rotatable bonds is 6. The van der Waals surface area contributed by atoms with Crippen LogP contribution in [0.2, 0.25) is 0 Å². The zero-order valence-corrected chi connectivity index (χ0v) is 14.6. The topological polar surface area (TPSA) is 72.9 Å². The molecule has 0 radical (unpaired) electrons. The molecule has 1 aliphatic heterocycles. The summed E-state index contributed by atoms with van der Waals surface area (Å²) >= 11 is 0. The van der Waals surface area contributed by atoms with E-state index in [2.05, 4.69) is 19.2 Å². The van der Waals surface area contributed by atoms with Crippen molar-refractivity contribution in [3.63, 3.8) is 0 Å². The first-order valence-electron chi connectivity index (χ1n) is 8.95. The molecule has 6 nitrogen and oxygen atoms in total. The van der Waals surface area contributed by atoms with Crippen molar-refractivity contribution >= 4 is 12.0 Å². The Morgan fingerprint density at radius 3 is 2.57 bits per heavy atom. The first-order chi connectivity index (χ1) is 10.9. The van der Waals surface area contributed by atoms with E-state index in [1.165, 1.54) is 6.42 Å².